The Balaban J connectivity index is 1.53. The Morgan fingerprint density at radius 3 is 2.45 bits per heavy atom. The van der Waals surface area contributed by atoms with Gasteiger partial charge in [0, 0.05) is 23.4 Å². The number of para-hydroxylation sites is 1. The molecule has 0 saturated carbocycles. The number of furan rings is 1. The second kappa shape index (κ2) is 8.91. The van der Waals surface area contributed by atoms with Crippen LogP contribution >= 0.6 is 0 Å². The van der Waals surface area contributed by atoms with E-state index >= 15 is 0 Å². The lowest BCUT2D eigenvalue weighted by Gasteiger charge is -2.07. The minimum atomic E-state index is -3.10. The maximum atomic E-state index is 12.4. The summed E-state index contributed by atoms with van der Waals surface area (Å²) in [5.41, 5.74) is 1.97. The van der Waals surface area contributed by atoms with Crippen LogP contribution in [0.15, 0.2) is 59.0 Å². The Bertz CT molecular complexity index is 1080. The number of rotatable bonds is 8. The highest BCUT2D eigenvalue weighted by Gasteiger charge is 2.13. The number of amides is 2. The van der Waals surface area contributed by atoms with Gasteiger partial charge >= 0.3 is 0 Å². The lowest BCUT2D eigenvalue weighted by molar-refractivity contribution is -0.120. The molecule has 0 radical (unpaired) electrons. The highest BCUT2D eigenvalue weighted by molar-refractivity contribution is 7.91. The van der Waals surface area contributed by atoms with Gasteiger partial charge < -0.3 is 15.1 Å². The summed E-state index contributed by atoms with van der Waals surface area (Å²) in [6.45, 7) is 1.67. The number of fused-ring (bicyclic) bond motifs is 1. The quantitative estimate of drug-likeness (QED) is 0.590. The van der Waals surface area contributed by atoms with Gasteiger partial charge in [-0.3, -0.25) is 9.59 Å². The first-order valence-electron chi connectivity index (χ1n) is 9.22. The fraction of sp³-hybridized carbons (Fsp3) is 0.238. The zero-order valence-electron chi connectivity index (χ0n) is 16.0. The number of carbonyl (C=O) groups is 2. The van der Waals surface area contributed by atoms with Crippen LogP contribution in [0.1, 0.15) is 23.0 Å². The molecule has 152 valence electrons. The van der Waals surface area contributed by atoms with Crippen molar-refractivity contribution in [3.8, 4) is 0 Å². The standard InChI is InChI=1S/C21H22N2O5S/c1-2-29(26,27)12-11-22-20(24)13-15-7-9-17(10-8-15)23-21(25)19-14-16-5-3-4-6-18(16)28-19/h3-10,14H,2,11-13H2,1H3,(H,22,24)(H,23,25). The maximum Gasteiger partial charge on any atom is 0.291 e. The predicted molar refractivity (Wildman–Crippen MR) is 112 cm³/mol. The first-order valence-corrected chi connectivity index (χ1v) is 11.0. The van der Waals surface area contributed by atoms with Gasteiger partial charge in [0.25, 0.3) is 5.91 Å². The topological polar surface area (TPSA) is 105 Å². The number of anilines is 1. The lowest BCUT2D eigenvalue weighted by atomic mass is 10.1. The van der Waals surface area contributed by atoms with E-state index in [4.69, 9.17) is 4.42 Å². The van der Waals surface area contributed by atoms with Crippen molar-refractivity contribution in [2.75, 3.05) is 23.4 Å². The van der Waals surface area contributed by atoms with Crippen molar-refractivity contribution >= 4 is 38.3 Å². The molecule has 0 aliphatic rings. The average Bonchev–Trinajstić information content (AvgIpc) is 3.14. The molecule has 0 aliphatic heterocycles. The van der Waals surface area contributed by atoms with E-state index in [1.807, 2.05) is 18.2 Å². The van der Waals surface area contributed by atoms with Crippen LogP contribution in [0, 0.1) is 0 Å². The summed E-state index contributed by atoms with van der Waals surface area (Å²) in [5.74, 6) is -0.401. The molecule has 2 N–H and O–H groups in total. The Morgan fingerprint density at radius 1 is 1.03 bits per heavy atom. The van der Waals surface area contributed by atoms with Gasteiger partial charge in [0.15, 0.2) is 15.6 Å². The molecule has 0 atom stereocenters. The smallest absolute Gasteiger partial charge is 0.291 e. The second-order valence-corrected chi connectivity index (χ2v) is 9.04. The first-order chi connectivity index (χ1) is 13.9. The highest BCUT2D eigenvalue weighted by atomic mass is 32.2. The first kappa shape index (κ1) is 20.6. The third-order valence-corrected chi connectivity index (χ3v) is 6.11. The number of carbonyl (C=O) groups excluding carboxylic acids is 2. The van der Waals surface area contributed by atoms with E-state index in [0.29, 0.717) is 11.3 Å². The van der Waals surface area contributed by atoms with Gasteiger partial charge in [0.05, 0.1) is 12.2 Å². The monoisotopic (exact) mass is 414 g/mol. The highest BCUT2D eigenvalue weighted by Crippen LogP contribution is 2.20. The molecule has 1 heterocycles. The fourth-order valence-electron chi connectivity index (χ4n) is 2.73. The summed E-state index contributed by atoms with van der Waals surface area (Å²) in [6.07, 6.45) is 0.129. The summed E-state index contributed by atoms with van der Waals surface area (Å²) < 4.78 is 28.4. The number of sulfone groups is 1. The van der Waals surface area contributed by atoms with E-state index in [0.717, 1.165) is 10.9 Å². The third kappa shape index (κ3) is 5.68. The number of hydrogen-bond acceptors (Lipinski definition) is 5. The van der Waals surface area contributed by atoms with Crippen molar-refractivity contribution in [3.63, 3.8) is 0 Å². The summed E-state index contributed by atoms with van der Waals surface area (Å²) in [7, 11) is -3.10. The molecular weight excluding hydrogens is 392 g/mol. The molecule has 8 heteroatoms. The van der Waals surface area contributed by atoms with Crippen molar-refractivity contribution in [3.05, 3.63) is 65.9 Å². The third-order valence-electron chi connectivity index (χ3n) is 4.40. The number of hydrogen-bond donors (Lipinski definition) is 2. The number of benzene rings is 2. The summed E-state index contributed by atoms with van der Waals surface area (Å²) in [4.78, 5) is 24.3. The second-order valence-electron chi connectivity index (χ2n) is 6.56. The van der Waals surface area contributed by atoms with Gasteiger partial charge in [-0.05, 0) is 29.8 Å². The van der Waals surface area contributed by atoms with Crippen molar-refractivity contribution in [2.24, 2.45) is 0 Å². The SMILES string of the molecule is CCS(=O)(=O)CCNC(=O)Cc1ccc(NC(=O)c2cc3ccccc3o2)cc1. The summed E-state index contributed by atoms with van der Waals surface area (Å²) in [6, 6.07) is 15.9. The molecule has 2 aromatic carbocycles. The van der Waals surface area contributed by atoms with Gasteiger partial charge in [-0.25, -0.2) is 8.42 Å². The lowest BCUT2D eigenvalue weighted by Crippen LogP contribution is -2.30. The molecule has 29 heavy (non-hydrogen) atoms. The molecular formula is C21H22N2O5S. The zero-order chi connectivity index (χ0) is 20.9. The van der Waals surface area contributed by atoms with Gasteiger partial charge in [-0.1, -0.05) is 37.3 Å². The largest absolute Gasteiger partial charge is 0.451 e. The molecule has 0 aliphatic carbocycles. The molecule has 7 nitrogen and oxygen atoms in total. The Kier molecular flexibility index (Phi) is 6.33. The van der Waals surface area contributed by atoms with Crippen molar-refractivity contribution in [1.82, 2.24) is 5.32 Å². The molecule has 1 aromatic heterocycles. The van der Waals surface area contributed by atoms with E-state index in [9.17, 15) is 18.0 Å². The van der Waals surface area contributed by atoms with E-state index in [1.54, 1.807) is 43.3 Å². The Labute approximate surface area is 169 Å². The van der Waals surface area contributed by atoms with Crippen molar-refractivity contribution in [1.29, 1.82) is 0 Å². The van der Waals surface area contributed by atoms with Crippen LogP contribution in [0.5, 0.6) is 0 Å². The van der Waals surface area contributed by atoms with Crippen LogP contribution in [-0.2, 0) is 21.1 Å². The molecule has 0 saturated heterocycles. The molecule has 3 rings (SSSR count). The van der Waals surface area contributed by atoms with E-state index in [2.05, 4.69) is 10.6 Å². The van der Waals surface area contributed by atoms with Gasteiger partial charge in [-0.15, -0.1) is 0 Å². The van der Waals surface area contributed by atoms with E-state index < -0.39 is 9.84 Å². The fourth-order valence-corrected chi connectivity index (χ4v) is 3.43. The molecule has 0 spiro atoms. The van der Waals surface area contributed by atoms with Gasteiger partial charge in [-0.2, -0.15) is 0 Å². The predicted octanol–water partition coefficient (Wildman–Crippen LogP) is 2.78. The molecule has 3 aromatic rings. The van der Waals surface area contributed by atoms with Crippen LogP contribution in [0.2, 0.25) is 0 Å². The maximum absolute atomic E-state index is 12.4. The van der Waals surface area contributed by atoms with Crippen LogP contribution in [0.3, 0.4) is 0 Å². The zero-order valence-corrected chi connectivity index (χ0v) is 16.8. The van der Waals surface area contributed by atoms with Gasteiger partial charge in [0.1, 0.15) is 5.58 Å². The minimum Gasteiger partial charge on any atom is -0.451 e. The Morgan fingerprint density at radius 2 is 1.76 bits per heavy atom. The molecule has 0 fully saturated rings. The summed E-state index contributed by atoms with van der Waals surface area (Å²) in [5, 5.41) is 6.21. The normalized spacial score (nSPS) is 11.3. The van der Waals surface area contributed by atoms with Crippen LogP contribution < -0.4 is 10.6 Å². The van der Waals surface area contributed by atoms with Crippen LogP contribution in [-0.4, -0.2) is 38.3 Å². The van der Waals surface area contributed by atoms with E-state index in [-0.39, 0.29) is 42.0 Å². The molecule has 0 unspecified atom stereocenters. The van der Waals surface area contributed by atoms with Crippen molar-refractivity contribution < 1.29 is 22.4 Å². The minimum absolute atomic E-state index is 0.0596. The van der Waals surface area contributed by atoms with Crippen LogP contribution in [0.25, 0.3) is 11.0 Å². The van der Waals surface area contributed by atoms with Gasteiger partial charge in [0.2, 0.25) is 5.91 Å². The number of nitrogens with one attached hydrogen (secondary N) is 2. The summed E-state index contributed by atoms with van der Waals surface area (Å²) >= 11 is 0. The molecule has 2 amide bonds. The Hall–Kier alpha value is -3.13. The van der Waals surface area contributed by atoms with E-state index in [1.165, 1.54) is 0 Å². The molecule has 0 bridgehead atoms. The van der Waals surface area contributed by atoms with Crippen molar-refractivity contribution in [2.45, 2.75) is 13.3 Å². The average molecular weight is 414 g/mol. The van der Waals surface area contributed by atoms with Crippen LogP contribution in [0.4, 0.5) is 5.69 Å².